The van der Waals surface area contributed by atoms with Crippen LogP contribution in [0.4, 0.5) is 0 Å². The average Bonchev–Trinajstić information content (AvgIpc) is 2.60. The van der Waals surface area contributed by atoms with Gasteiger partial charge < -0.3 is 9.64 Å². The highest BCUT2D eigenvalue weighted by molar-refractivity contribution is 5.26. The summed E-state index contributed by atoms with van der Waals surface area (Å²) in [5.74, 6) is 0. The van der Waals surface area contributed by atoms with Gasteiger partial charge in [-0.25, -0.2) is 0 Å². The predicted molar refractivity (Wildman–Crippen MR) is 81.1 cm³/mol. The van der Waals surface area contributed by atoms with Crippen LogP contribution >= 0.6 is 0 Å². The molecule has 0 amide bonds. The molecule has 0 aromatic carbocycles. The second kappa shape index (κ2) is 8.71. The zero-order valence-electron chi connectivity index (χ0n) is 13.6. The summed E-state index contributed by atoms with van der Waals surface area (Å²) in [6.07, 6.45) is 3.65. The largest absolute Gasteiger partial charge is 0.366 e. The monoisotopic (exact) mass is 255 g/mol. The van der Waals surface area contributed by atoms with Crippen LogP contribution in [0.15, 0.2) is 11.1 Å². The Balaban J connectivity index is 0.000000659. The van der Waals surface area contributed by atoms with Crippen molar-refractivity contribution in [3.05, 3.63) is 11.1 Å². The molecule has 0 N–H and O–H groups in total. The highest BCUT2D eigenvalue weighted by Crippen LogP contribution is 2.39. The van der Waals surface area contributed by atoms with Gasteiger partial charge in [-0.05, 0) is 57.8 Å². The SMILES string of the molecule is CC.CC.CC1=C(C)C2(CCCN(C)CC2)OC1. The summed E-state index contributed by atoms with van der Waals surface area (Å²) in [4.78, 5) is 2.42. The van der Waals surface area contributed by atoms with E-state index in [0.29, 0.717) is 0 Å². The van der Waals surface area contributed by atoms with Gasteiger partial charge in [0.05, 0.1) is 12.2 Å². The predicted octanol–water partition coefficient (Wildman–Crippen LogP) is 4.26. The standard InChI is InChI=1S/C12H21NO.2C2H6/c1-10-9-14-12(11(10)2)5-4-7-13(3)8-6-12;2*1-2/h4-9H2,1-3H3;2*1-2H3. The fourth-order valence-corrected chi connectivity index (χ4v) is 2.61. The fourth-order valence-electron chi connectivity index (χ4n) is 2.61. The minimum atomic E-state index is 0.106. The van der Waals surface area contributed by atoms with E-state index in [1.54, 1.807) is 0 Å². The van der Waals surface area contributed by atoms with E-state index in [-0.39, 0.29) is 5.60 Å². The molecule has 0 aromatic heterocycles. The van der Waals surface area contributed by atoms with Crippen molar-refractivity contribution < 1.29 is 4.74 Å². The van der Waals surface area contributed by atoms with Crippen LogP contribution in [0.1, 0.15) is 60.8 Å². The van der Waals surface area contributed by atoms with E-state index in [1.165, 1.54) is 43.5 Å². The molecule has 2 aliphatic heterocycles. The summed E-state index contributed by atoms with van der Waals surface area (Å²) in [5.41, 5.74) is 3.07. The van der Waals surface area contributed by atoms with Crippen molar-refractivity contribution in [2.75, 3.05) is 26.7 Å². The van der Waals surface area contributed by atoms with Crippen LogP contribution in [0.3, 0.4) is 0 Å². The van der Waals surface area contributed by atoms with Crippen molar-refractivity contribution in [1.82, 2.24) is 4.90 Å². The van der Waals surface area contributed by atoms with E-state index in [1.807, 2.05) is 27.7 Å². The van der Waals surface area contributed by atoms with Gasteiger partial charge in [-0.15, -0.1) is 0 Å². The van der Waals surface area contributed by atoms with Gasteiger partial charge in [-0.3, -0.25) is 0 Å². The summed E-state index contributed by atoms with van der Waals surface area (Å²) >= 11 is 0. The summed E-state index contributed by atoms with van der Waals surface area (Å²) in [5, 5.41) is 0. The third-order valence-corrected chi connectivity index (χ3v) is 3.91. The molecule has 0 radical (unpaired) electrons. The average molecular weight is 255 g/mol. The smallest absolute Gasteiger partial charge is 0.0909 e. The van der Waals surface area contributed by atoms with Gasteiger partial charge in [0.2, 0.25) is 0 Å². The molecule has 18 heavy (non-hydrogen) atoms. The lowest BCUT2D eigenvalue weighted by atomic mass is 9.87. The maximum atomic E-state index is 6.03. The molecule has 1 saturated heterocycles. The molecule has 2 heterocycles. The lowest BCUT2D eigenvalue weighted by molar-refractivity contribution is 0.00630. The lowest BCUT2D eigenvalue weighted by Gasteiger charge is -2.29. The second-order valence-corrected chi connectivity index (χ2v) is 4.85. The number of likely N-dealkylation sites (tertiary alicyclic amines) is 1. The molecule has 1 spiro atoms. The first-order valence-corrected chi connectivity index (χ1v) is 7.63. The molecule has 1 fully saturated rings. The molecule has 1 atom stereocenters. The highest BCUT2D eigenvalue weighted by Gasteiger charge is 2.39. The Morgan fingerprint density at radius 3 is 2.11 bits per heavy atom. The Kier molecular flexibility index (Phi) is 8.54. The van der Waals surface area contributed by atoms with E-state index in [9.17, 15) is 0 Å². The third kappa shape index (κ3) is 4.10. The van der Waals surface area contributed by atoms with Crippen LogP contribution in [0.5, 0.6) is 0 Å². The number of nitrogens with zero attached hydrogens (tertiary/aromatic N) is 1. The molecule has 2 heteroatoms. The van der Waals surface area contributed by atoms with E-state index < -0.39 is 0 Å². The highest BCUT2D eigenvalue weighted by atomic mass is 16.5. The van der Waals surface area contributed by atoms with E-state index in [4.69, 9.17) is 4.74 Å². The quantitative estimate of drug-likeness (QED) is 0.600. The molecule has 2 aliphatic rings. The Hall–Kier alpha value is -0.340. The first-order valence-electron chi connectivity index (χ1n) is 7.63. The molecule has 0 aliphatic carbocycles. The van der Waals surface area contributed by atoms with Gasteiger partial charge >= 0.3 is 0 Å². The lowest BCUT2D eigenvalue weighted by Crippen LogP contribution is -2.31. The second-order valence-electron chi connectivity index (χ2n) is 4.85. The van der Waals surface area contributed by atoms with Crippen molar-refractivity contribution in [2.45, 2.75) is 66.4 Å². The van der Waals surface area contributed by atoms with Gasteiger partial charge in [0, 0.05) is 6.54 Å². The Bertz CT molecular complexity index is 260. The van der Waals surface area contributed by atoms with Crippen LogP contribution in [-0.4, -0.2) is 37.2 Å². The van der Waals surface area contributed by atoms with Crippen LogP contribution in [-0.2, 0) is 4.74 Å². The number of hydrogen-bond acceptors (Lipinski definition) is 2. The van der Waals surface area contributed by atoms with Crippen LogP contribution in [0.2, 0.25) is 0 Å². The fraction of sp³-hybridized carbons (Fsp3) is 0.875. The van der Waals surface area contributed by atoms with Crippen LogP contribution in [0, 0.1) is 0 Å². The molecule has 108 valence electrons. The number of ether oxygens (including phenoxy) is 1. The number of rotatable bonds is 0. The molecule has 2 nitrogen and oxygen atoms in total. The van der Waals surface area contributed by atoms with Gasteiger partial charge in [-0.1, -0.05) is 27.7 Å². The molecule has 0 aromatic rings. The van der Waals surface area contributed by atoms with E-state index in [0.717, 1.165) is 6.61 Å². The Labute approximate surface area is 114 Å². The maximum Gasteiger partial charge on any atom is 0.0909 e. The zero-order chi connectivity index (χ0) is 14.2. The van der Waals surface area contributed by atoms with Crippen molar-refractivity contribution >= 4 is 0 Å². The first-order chi connectivity index (χ1) is 8.64. The molecule has 1 unspecified atom stereocenters. The van der Waals surface area contributed by atoms with Gasteiger partial charge in [0.25, 0.3) is 0 Å². The van der Waals surface area contributed by atoms with E-state index in [2.05, 4.69) is 25.8 Å². The Morgan fingerprint density at radius 1 is 1.00 bits per heavy atom. The third-order valence-electron chi connectivity index (χ3n) is 3.91. The van der Waals surface area contributed by atoms with Crippen molar-refractivity contribution in [1.29, 1.82) is 0 Å². The van der Waals surface area contributed by atoms with Gasteiger partial charge in [-0.2, -0.15) is 0 Å². The summed E-state index contributed by atoms with van der Waals surface area (Å²) < 4.78 is 6.03. The van der Waals surface area contributed by atoms with Crippen LogP contribution in [0.25, 0.3) is 0 Å². The molecule has 0 bridgehead atoms. The van der Waals surface area contributed by atoms with Crippen LogP contribution < -0.4 is 0 Å². The summed E-state index contributed by atoms with van der Waals surface area (Å²) in [6.45, 7) is 15.7. The zero-order valence-corrected chi connectivity index (χ0v) is 13.6. The maximum absolute atomic E-state index is 6.03. The topological polar surface area (TPSA) is 12.5 Å². The number of hydrogen-bond donors (Lipinski definition) is 0. The summed E-state index contributed by atoms with van der Waals surface area (Å²) in [7, 11) is 2.21. The molecular formula is C16H33NO. The van der Waals surface area contributed by atoms with Gasteiger partial charge in [0.1, 0.15) is 0 Å². The van der Waals surface area contributed by atoms with Crippen molar-refractivity contribution in [2.24, 2.45) is 0 Å². The van der Waals surface area contributed by atoms with Crippen molar-refractivity contribution in [3.8, 4) is 0 Å². The van der Waals surface area contributed by atoms with Gasteiger partial charge in [0.15, 0.2) is 0 Å². The molecule has 0 saturated carbocycles. The molecule has 2 rings (SSSR count). The first kappa shape index (κ1) is 17.7. The Morgan fingerprint density at radius 2 is 1.61 bits per heavy atom. The van der Waals surface area contributed by atoms with Crippen molar-refractivity contribution in [3.63, 3.8) is 0 Å². The minimum absolute atomic E-state index is 0.106. The molecular weight excluding hydrogens is 222 g/mol. The van der Waals surface area contributed by atoms with E-state index >= 15 is 0 Å². The summed E-state index contributed by atoms with van der Waals surface area (Å²) in [6, 6.07) is 0. The minimum Gasteiger partial charge on any atom is -0.366 e. The normalized spacial score (nSPS) is 28.2.